The van der Waals surface area contributed by atoms with Crippen LogP contribution in [-0.4, -0.2) is 42.5 Å². The van der Waals surface area contributed by atoms with E-state index in [1.54, 1.807) is 54.6 Å². The second-order valence-corrected chi connectivity index (χ2v) is 13.4. The summed E-state index contributed by atoms with van der Waals surface area (Å²) < 4.78 is 29.1. The predicted molar refractivity (Wildman–Crippen MR) is 157 cm³/mol. The van der Waals surface area contributed by atoms with Crippen LogP contribution >= 0.6 is 11.3 Å². The van der Waals surface area contributed by atoms with Gasteiger partial charge in [-0.3, -0.25) is 14.9 Å². The predicted octanol–water partition coefficient (Wildman–Crippen LogP) is 6.39. The minimum Gasteiger partial charge on any atom is -0.298 e. The molecule has 0 aliphatic carbocycles. The number of carbonyl (C=O) groups excluding carboxylic acids is 2. The summed E-state index contributed by atoms with van der Waals surface area (Å²) in [5.74, 6) is -0.327. The quantitative estimate of drug-likeness (QED) is 0.226. The molecule has 1 aromatic heterocycles. The molecule has 1 amide bonds. The molecule has 9 heteroatoms. The normalized spacial score (nSPS) is 12.0. The third-order valence-corrected chi connectivity index (χ3v) is 8.85. The maximum atomic E-state index is 13.5. The molecular formula is C30H33N3O4S2. The molecule has 1 N–H and O–H groups in total. The number of nitrogens with one attached hydrogen (secondary N) is 1. The summed E-state index contributed by atoms with van der Waals surface area (Å²) in [6.45, 7) is 10.8. The van der Waals surface area contributed by atoms with Crippen LogP contribution in [0.15, 0.2) is 71.6 Å². The fourth-order valence-electron chi connectivity index (χ4n) is 4.26. The highest BCUT2D eigenvalue weighted by molar-refractivity contribution is 7.89. The van der Waals surface area contributed by atoms with Gasteiger partial charge in [-0.1, -0.05) is 87.1 Å². The fraction of sp³-hybridized carbons (Fsp3) is 0.300. The highest BCUT2D eigenvalue weighted by Gasteiger charge is 2.27. The number of hydrogen-bond acceptors (Lipinski definition) is 6. The number of hydrogen-bond donors (Lipinski definition) is 1. The van der Waals surface area contributed by atoms with E-state index in [9.17, 15) is 18.0 Å². The Bertz CT molecular complexity index is 1600. The van der Waals surface area contributed by atoms with Crippen molar-refractivity contribution >= 4 is 48.4 Å². The molecule has 7 nitrogen and oxygen atoms in total. The second kappa shape index (κ2) is 11.8. The number of benzene rings is 3. The number of aryl methyl sites for hydroxylation is 1. The molecule has 0 saturated carbocycles. The lowest BCUT2D eigenvalue weighted by Crippen LogP contribution is -2.37. The number of amides is 1. The van der Waals surface area contributed by atoms with Gasteiger partial charge in [0.2, 0.25) is 10.0 Å². The van der Waals surface area contributed by atoms with Gasteiger partial charge in [0.1, 0.15) is 0 Å². The Labute approximate surface area is 233 Å². The Morgan fingerprint density at radius 1 is 0.897 bits per heavy atom. The summed E-state index contributed by atoms with van der Waals surface area (Å²) in [5.41, 5.74) is 2.65. The standard InChI is InChI=1S/C30H33N3O4S2/c1-19(2)17-33(18-20(3)4)39(36,37)23-14-15-26-27(16-23)38-30(31-26)32-29(35)25-9-7-6-8-24(25)28(34)22-12-10-21(5)11-13-22/h6-16,19-20H,17-18H2,1-5H3,(H,31,32,35). The Morgan fingerprint density at radius 2 is 1.51 bits per heavy atom. The van der Waals surface area contributed by atoms with E-state index in [0.717, 1.165) is 5.56 Å². The second-order valence-electron chi connectivity index (χ2n) is 10.5. The summed E-state index contributed by atoms with van der Waals surface area (Å²) in [4.78, 5) is 31.0. The molecule has 3 aromatic carbocycles. The fourth-order valence-corrected chi connectivity index (χ4v) is 7.03. The smallest absolute Gasteiger partial charge is 0.258 e. The van der Waals surface area contributed by atoms with E-state index >= 15 is 0 Å². The molecule has 1 heterocycles. The van der Waals surface area contributed by atoms with Crippen molar-refractivity contribution < 1.29 is 18.0 Å². The first-order valence-electron chi connectivity index (χ1n) is 12.9. The zero-order valence-electron chi connectivity index (χ0n) is 22.8. The van der Waals surface area contributed by atoms with E-state index in [-0.39, 0.29) is 28.1 Å². The van der Waals surface area contributed by atoms with Crippen molar-refractivity contribution in [3.63, 3.8) is 0 Å². The van der Waals surface area contributed by atoms with Gasteiger partial charge in [-0.15, -0.1) is 0 Å². The molecule has 0 aliphatic heterocycles. The van der Waals surface area contributed by atoms with E-state index in [2.05, 4.69) is 10.3 Å². The third kappa shape index (κ3) is 6.61. The summed E-state index contributed by atoms with van der Waals surface area (Å²) in [7, 11) is -3.70. The minimum absolute atomic E-state index is 0.188. The van der Waals surface area contributed by atoms with Gasteiger partial charge in [0.15, 0.2) is 10.9 Å². The highest BCUT2D eigenvalue weighted by Crippen LogP contribution is 2.30. The molecule has 0 spiro atoms. The number of anilines is 1. The average molecular weight is 564 g/mol. The van der Waals surface area contributed by atoms with Crippen LogP contribution in [0.1, 0.15) is 59.5 Å². The van der Waals surface area contributed by atoms with E-state index in [0.29, 0.717) is 39.6 Å². The lowest BCUT2D eigenvalue weighted by atomic mass is 9.97. The molecular weight excluding hydrogens is 530 g/mol. The molecule has 4 rings (SSSR count). The van der Waals surface area contributed by atoms with Crippen molar-refractivity contribution in [1.82, 2.24) is 9.29 Å². The maximum absolute atomic E-state index is 13.5. The Kier molecular flexibility index (Phi) is 8.64. The van der Waals surface area contributed by atoms with Crippen LogP contribution < -0.4 is 5.32 Å². The SMILES string of the molecule is Cc1ccc(C(=O)c2ccccc2C(=O)Nc2nc3ccc(S(=O)(=O)N(CC(C)C)CC(C)C)cc3s2)cc1. The largest absolute Gasteiger partial charge is 0.298 e. The number of nitrogens with zero attached hydrogens (tertiary/aromatic N) is 2. The number of carbonyl (C=O) groups is 2. The van der Waals surface area contributed by atoms with Crippen LogP contribution in [0, 0.1) is 18.8 Å². The van der Waals surface area contributed by atoms with Gasteiger partial charge < -0.3 is 0 Å². The summed E-state index contributed by atoms with van der Waals surface area (Å²) in [5, 5.41) is 3.12. The minimum atomic E-state index is -3.70. The number of thiazole rings is 1. The number of fused-ring (bicyclic) bond motifs is 1. The number of rotatable bonds is 10. The lowest BCUT2D eigenvalue weighted by Gasteiger charge is -2.25. The van der Waals surface area contributed by atoms with Crippen LogP contribution in [-0.2, 0) is 10.0 Å². The van der Waals surface area contributed by atoms with Gasteiger partial charge in [-0.2, -0.15) is 4.31 Å². The first-order chi connectivity index (χ1) is 18.5. The van der Waals surface area contributed by atoms with Gasteiger partial charge in [-0.05, 0) is 43.0 Å². The van der Waals surface area contributed by atoms with Crippen molar-refractivity contribution in [2.24, 2.45) is 11.8 Å². The molecule has 0 atom stereocenters. The number of sulfonamides is 1. The molecule has 39 heavy (non-hydrogen) atoms. The Hall–Kier alpha value is -3.40. The van der Waals surface area contributed by atoms with Crippen molar-refractivity contribution in [1.29, 1.82) is 0 Å². The number of aromatic nitrogens is 1. The number of ketones is 1. The molecule has 204 valence electrons. The first kappa shape index (κ1) is 28.6. The topological polar surface area (TPSA) is 96.4 Å². The average Bonchev–Trinajstić information content (AvgIpc) is 3.29. The van der Waals surface area contributed by atoms with Gasteiger partial charge >= 0.3 is 0 Å². The van der Waals surface area contributed by atoms with Crippen molar-refractivity contribution in [2.45, 2.75) is 39.5 Å². The molecule has 4 aromatic rings. The summed E-state index contributed by atoms with van der Waals surface area (Å²) in [6.07, 6.45) is 0. The lowest BCUT2D eigenvalue weighted by molar-refractivity contribution is 0.0996. The molecule has 0 aliphatic rings. The van der Waals surface area contributed by atoms with Crippen LogP contribution in [0.25, 0.3) is 10.2 Å². The summed E-state index contributed by atoms with van der Waals surface area (Å²) >= 11 is 1.19. The van der Waals surface area contributed by atoms with E-state index < -0.39 is 15.9 Å². The molecule has 0 radical (unpaired) electrons. The molecule has 0 fully saturated rings. The van der Waals surface area contributed by atoms with E-state index in [1.807, 2.05) is 46.8 Å². The Morgan fingerprint density at radius 3 is 2.13 bits per heavy atom. The van der Waals surface area contributed by atoms with Crippen molar-refractivity contribution in [2.75, 3.05) is 18.4 Å². The summed E-state index contributed by atoms with van der Waals surface area (Å²) in [6, 6.07) is 18.7. The van der Waals surface area contributed by atoms with Crippen LogP contribution in [0.2, 0.25) is 0 Å². The van der Waals surface area contributed by atoms with Crippen LogP contribution in [0.3, 0.4) is 0 Å². The van der Waals surface area contributed by atoms with Gasteiger partial charge in [0.25, 0.3) is 5.91 Å². The van der Waals surface area contributed by atoms with Crippen molar-refractivity contribution in [3.05, 3.63) is 89.0 Å². The zero-order chi connectivity index (χ0) is 28.3. The monoisotopic (exact) mass is 563 g/mol. The molecule has 0 saturated heterocycles. The Balaban J connectivity index is 1.60. The molecule has 0 unspecified atom stereocenters. The van der Waals surface area contributed by atoms with Gasteiger partial charge in [0.05, 0.1) is 20.7 Å². The van der Waals surface area contributed by atoms with Crippen LogP contribution in [0.4, 0.5) is 5.13 Å². The van der Waals surface area contributed by atoms with Gasteiger partial charge in [-0.25, -0.2) is 13.4 Å². The molecule has 0 bridgehead atoms. The van der Waals surface area contributed by atoms with Crippen LogP contribution in [0.5, 0.6) is 0 Å². The van der Waals surface area contributed by atoms with Gasteiger partial charge in [0, 0.05) is 24.2 Å². The van der Waals surface area contributed by atoms with E-state index in [1.165, 1.54) is 15.6 Å². The maximum Gasteiger partial charge on any atom is 0.258 e. The van der Waals surface area contributed by atoms with Crippen molar-refractivity contribution in [3.8, 4) is 0 Å². The first-order valence-corrected chi connectivity index (χ1v) is 15.1. The van der Waals surface area contributed by atoms with E-state index in [4.69, 9.17) is 0 Å². The third-order valence-electron chi connectivity index (χ3n) is 6.09. The zero-order valence-corrected chi connectivity index (χ0v) is 24.4. The highest BCUT2D eigenvalue weighted by atomic mass is 32.2.